The molecule has 0 atom stereocenters. The maximum atomic E-state index is 5.09. The molecule has 0 rings (SSSR count). The van der Waals surface area contributed by atoms with Crippen LogP contribution in [0.3, 0.4) is 0 Å². The molecule has 0 aliphatic rings. The van der Waals surface area contributed by atoms with Gasteiger partial charge in [0.1, 0.15) is 6.29 Å². The lowest BCUT2D eigenvalue weighted by Gasteiger charge is -2.03. The zero-order chi connectivity index (χ0) is 7.28. The van der Waals surface area contributed by atoms with Crippen molar-refractivity contribution in [3.8, 4) is 0 Å². The molecule has 0 aromatic heterocycles. The SMILES string of the molecule is NC(N)=NCNC(N)N. The Labute approximate surface area is 53.3 Å². The molecule has 0 radical (unpaired) electrons. The van der Waals surface area contributed by atoms with E-state index in [1.165, 1.54) is 0 Å². The predicted molar refractivity (Wildman–Crippen MR) is 36.0 cm³/mol. The molecule has 9 heavy (non-hydrogen) atoms. The third-order valence-electron chi connectivity index (χ3n) is 0.589. The molecular formula is C3H12N6. The highest BCUT2D eigenvalue weighted by molar-refractivity contribution is 5.75. The molecule has 0 aromatic carbocycles. The lowest BCUT2D eigenvalue weighted by Crippen LogP contribution is -2.45. The highest BCUT2D eigenvalue weighted by Crippen LogP contribution is 1.60. The first-order valence-electron chi connectivity index (χ1n) is 2.43. The van der Waals surface area contributed by atoms with Gasteiger partial charge in [0.05, 0.1) is 6.67 Å². The van der Waals surface area contributed by atoms with E-state index in [1.54, 1.807) is 0 Å². The number of nitrogens with zero attached hydrogens (tertiary/aromatic N) is 1. The van der Waals surface area contributed by atoms with Crippen LogP contribution in [-0.4, -0.2) is 18.9 Å². The van der Waals surface area contributed by atoms with Gasteiger partial charge >= 0.3 is 0 Å². The van der Waals surface area contributed by atoms with E-state index in [4.69, 9.17) is 22.9 Å². The number of rotatable bonds is 3. The first-order chi connectivity index (χ1) is 4.13. The van der Waals surface area contributed by atoms with Gasteiger partial charge in [-0.05, 0) is 0 Å². The molecule has 6 heteroatoms. The fourth-order valence-electron chi connectivity index (χ4n) is 0.242. The molecule has 0 saturated heterocycles. The Morgan fingerprint density at radius 3 is 2.33 bits per heavy atom. The molecule has 0 unspecified atom stereocenters. The van der Waals surface area contributed by atoms with E-state index in [2.05, 4.69) is 10.3 Å². The number of hydrogen-bond donors (Lipinski definition) is 5. The number of hydrogen-bond acceptors (Lipinski definition) is 4. The molecule has 0 heterocycles. The molecular weight excluding hydrogens is 120 g/mol. The topological polar surface area (TPSA) is 128 Å². The summed E-state index contributed by atoms with van der Waals surface area (Å²) in [5, 5.41) is 2.58. The van der Waals surface area contributed by atoms with Gasteiger partial charge in [0, 0.05) is 0 Å². The van der Waals surface area contributed by atoms with Crippen LogP contribution in [0, 0.1) is 0 Å². The molecule has 0 amide bonds. The zero-order valence-electron chi connectivity index (χ0n) is 5.04. The van der Waals surface area contributed by atoms with Gasteiger partial charge in [-0.3, -0.25) is 5.32 Å². The monoisotopic (exact) mass is 132 g/mol. The Morgan fingerprint density at radius 2 is 2.00 bits per heavy atom. The fraction of sp³-hybridized carbons (Fsp3) is 0.667. The van der Waals surface area contributed by atoms with Crippen molar-refractivity contribution in [2.24, 2.45) is 27.9 Å². The van der Waals surface area contributed by atoms with Gasteiger partial charge < -0.3 is 22.9 Å². The molecule has 0 aromatic rings. The van der Waals surface area contributed by atoms with Gasteiger partial charge in [-0.25, -0.2) is 4.99 Å². The van der Waals surface area contributed by atoms with Crippen molar-refractivity contribution >= 4 is 5.96 Å². The summed E-state index contributed by atoms with van der Waals surface area (Å²) in [5.41, 5.74) is 20.2. The van der Waals surface area contributed by atoms with Gasteiger partial charge in [-0.1, -0.05) is 0 Å². The molecule has 0 fully saturated rings. The summed E-state index contributed by atoms with van der Waals surface area (Å²) in [5.74, 6) is 0.0168. The number of aliphatic imine (C=N–C) groups is 1. The van der Waals surface area contributed by atoms with Crippen molar-refractivity contribution in [2.45, 2.75) is 6.29 Å². The summed E-state index contributed by atoms with van der Waals surface area (Å²) in [7, 11) is 0. The van der Waals surface area contributed by atoms with Crippen LogP contribution in [-0.2, 0) is 0 Å². The fourth-order valence-corrected chi connectivity index (χ4v) is 0.242. The maximum Gasteiger partial charge on any atom is 0.187 e. The first kappa shape index (κ1) is 8.15. The van der Waals surface area contributed by atoms with Gasteiger partial charge in [0.2, 0.25) is 0 Å². The van der Waals surface area contributed by atoms with E-state index in [0.717, 1.165) is 0 Å². The highest BCUT2D eigenvalue weighted by Gasteiger charge is 1.87. The number of nitrogens with two attached hydrogens (primary N) is 4. The second kappa shape index (κ2) is 4.07. The van der Waals surface area contributed by atoms with Gasteiger partial charge in [0.15, 0.2) is 5.96 Å². The predicted octanol–water partition coefficient (Wildman–Crippen LogP) is -2.99. The summed E-state index contributed by atoms with van der Waals surface area (Å²) < 4.78 is 0. The van der Waals surface area contributed by atoms with E-state index in [9.17, 15) is 0 Å². The summed E-state index contributed by atoms with van der Waals surface area (Å²) in [6.45, 7) is 0.250. The molecule has 0 aliphatic heterocycles. The third-order valence-corrected chi connectivity index (χ3v) is 0.589. The molecule has 0 aliphatic carbocycles. The van der Waals surface area contributed by atoms with E-state index in [-0.39, 0.29) is 12.6 Å². The van der Waals surface area contributed by atoms with Crippen LogP contribution in [0.4, 0.5) is 0 Å². The van der Waals surface area contributed by atoms with E-state index >= 15 is 0 Å². The van der Waals surface area contributed by atoms with E-state index in [0.29, 0.717) is 0 Å². The lowest BCUT2D eigenvalue weighted by molar-refractivity contribution is 0.557. The van der Waals surface area contributed by atoms with Crippen LogP contribution in [0.25, 0.3) is 0 Å². The smallest absolute Gasteiger partial charge is 0.187 e. The van der Waals surface area contributed by atoms with Gasteiger partial charge in [0.25, 0.3) is 0 Å². The van der Waals surface area contributed by atoms with Crippen LogP contribution in [0.1, 0.15) is 0 Å². The van der Waals surface area contributed by atoms with E-state index < -0.39 is 6.29 Å². The second-order valence-corrected chi connectivity index (χ2v) is 1.47. The largest absolute Gasteiger partial charge is 0.370 e. The van der Waals surface area contributed by atoms with Crippen LogP contribution in [0.5, 0.6) is 0 Å². The normalized spacial score (nSPS) is 9.67. The van der Waals surface area contributed by atoms with Crippen LogP contribution < -0.4 is 28.3 Å². The van der Waals surface area contributed by atoms with Crippen molar-refractivity contribution in [1.82, 2.24) is 5.32 Å². The zero-order valence-corrected chi connectivity index (χ0v) is 5.04. The van der Waals surface area contributed by atoms with Crippen molar-refractivity contribution in [1.29, 1.82) is 0 Å². The molecule has 6 nitrogen and oxygen atoms in total. The minimum absolute atomic E-state index is 0.0168. The number of nitrogens with one attached hydrogen (secondary N) is 1. The average molecular weight is 132 g/mol. The van der Waals surface area contributed by atoms with Crippen LogP contribution in [0.15, 0.2) is 4.99 Å². The Morgan fingerprint density at radius 1 is 1.44 bits per heavy atom. The first-order valence-corrected chi connectivity index (χ1v) is 2.43. The van der Waals surface area contributed by atoms with Crippen molar-refractivity contribution in [2.75, 3.05) is 6.67 Å². The second-order valence-electron chi connectivity index (χ2n) is 1.47. The van der Waals surface area contributed by atoms with Crippen LogP contribution in [0.2, 0.25) is 0 Å². The molecule has 54 valence electrons. The van der Waals surface area contributed by atoms with Gasteiger partial charge in [-0.2, -0.15) is 0 Å². The summed E-state index contributed by atoms with van der Waals surface area (Å²) in [6, 6.07) is 0. The van der Waals surface area contributed by atoms with Crippen LogP contribution >= 0.6 is 0 Å². The van der Waals surface area contributed by atoms with Gasteiger partial charge in [-0.15, -0.1) is 0 Å². The van der Waals surface area contributed by atoms with Crippen molar-refractivity contribution in [3.05, 3.63) is 0 Å². The molecule has 0 spiro atoms. The maximum absolute atomic E-state index is 5.09. The lowest BCUT2D eigenvalue weighted by atomic mass is 10.8. The summed E-state index contributed by atoms with van der Waals surface area (Å²) in [4.78, 5) is 3.57. The Balaban J connectivity index is 3.20. The number of guanidine groups is 1. The third kappa shape index (κ3) is 7.15. The average Bonchev–Trinajstić information content (AvgIpc) is 1.63. The minimum atomic E-state index is -0.576. The molecule has 0 saturated carbocycles. The molecule has 0 bridgehead atoms. The van der Waals surface area contributed by atoms with Crippen molar-refractivity contribution < 1.29 is 0 Å². The Hall–Kier alpha value is -0.850. The van der Waals surface area contributed by atoms with Crippen molar-refractivity contribution in [3.63, 3.8) is 0 Å². The highest BCUT2D eigenvalue weighted by atomic mass is 15.2. The Bertz CT molecular complexity index is 92.5. The minimum Gasteiger partial charge on any atom is -0.370 e. The molecule has 9 N–H and O–H groups in total. The standard InChI is InChI=1S/C3H12N6/c4-2(5)8-1-9-3(6)7/h2,8H,1,4-5H2,(H4,6,7,9). The van der Waals surface area contributed by atoms with E-state index in [1.807, 2.05) is 0 Å². The Kier molecular flexibility index (Phi) is 3.69. The quantitative estimate of drug-likeness (QED) is 0.159. The summed E-state index contributed by atoms with van der Waals surface area (Å²) in [6.07, 6.45) is -0.576. The summed E-state index contributed by atoms with van der Waals surface area (Å²) >= 11 is 0.